The minimum absolute atomic E-state index is 0.0721. The summed E-state index contributed by atoms with van der Waals surface area (Å²) in [6, 6.07) is 7.60. The maximum atomic E-state index is 11.8. The Bertz CT molecular complexity index is 403. The van der Waals surface area contributed by atoms with E-state index in [0.717, 1.165) is 0 Å². The van der Waals surface area contributed by atoms with Crippen molar-refractivity contribution in [3.63, 3.8) is 0 Å². The number of carbonyl (C=O) groups excluding carboxylic acids is 2. The maximum Gasteiger partial charge on any atom is 0.274 e. The molecule has 92 valence electrons. The molecular weight excluding hydrogens is 218 g/mol. The van der Waals surface area contributed by atoms with Crippen LogP contribution in [0.15, 0.2) is 30.3 Å². The molecular formula is C12H17N3O2. The van der Waals surface area contributed by atoms with Gasteiger partial charge < -0.3 is 5.73 Å². The van der Waals surface area contributed by atoms with Crippen molar-refractivity contribution >= 4 is 11.8 Å². The predicted molar refractivity (Wildman–Crippen MR) is 64.6 cm³/mol. The van der Waals surface area contributed by atoms with Gasteiger partial charge in [0, 0.05) is 5.56 Å². The maximum absolute atomic E-state index is 11.8. The summed E-state index contributed by atoms with van der Waals surface area (Å²) >= 11 is 0. The molecule has 17 heavy (non-hydrogen) atoms. The zero-order valence-corrected chi connectivity index (χ0v) is 9.96. The molecule has 0 saturated carbocycles. The highest BCUT2D eigenvalue weighted by Gasteiger charge is 2.26. The fourth-order valence-corrected chi connectivity index (χ4v) is 1.27. The van der Waals surface area contributed by atoms with Crippen molar-refractivity contribution in [2.24, 2.45) is 17.5 Å². The average molecular weight is 235 g/mol. The first kappa shape index (κ1) is 13.3. The fourth-order valence-electron chi connectivity index (χ4n) is 1.27. The lowest BCUT2D eigenvalue weighted by molar-refractivity contribution is -0.131. The third kappa shape index (κ3) is 3.12. The molecule has 0 spiro atoms. The lowest BCUT2D eigenvalue weighted by atomic mass is 10.0. The third-order valence-electron chi connectivity index (χ3n) is 2.48. The molecule has 5 heteroatoms. The number of carbonyl (C=O) groups is 2. The highest BCUT2D eigenvalue weighted by Crippen LogP contribution is 2.06. The van der Waals surface area contributed by atoms with E-state index in [0.29, 0.717) is 10.6 Å². The molecule has 5 nitrogen and oxygen atoms in total. The molecule has 1 aromatic rings. The number of imide groups is 1. The molecule has 0 heterocycles. The Labute approximate surface area is 100 Å². The first-order valence-electron chi connectivity index (χ1n) is 5.38. The molecule has 4 N–H and O–H groups in total. The number of hydrogen-bond acceptors (Lipinski definition) is 4. The van der Waals surface area contributed by atoms with Crippen molar-refractivity contribution in [2.45, 2.75) is 19.9 Å². The second kappa shape index (κ2) is 5.56. The Kier molecular flexibility index (Phi) is 4.37. The van der Waals surface area contributed by atoms with E-state index in [-0.39, 0.29) is 5.92 Å². The van der Waals surface area contributed by atoms with Gasteiger partial charge in [-0.05, 0) is 18.1 Å². The third-order valence-corrected chi connectivity index (χ3v) is 2.48. The van der Waals surface area contributed by atoms with E-state index in [1.807, 2.05) is 0 Å². The van der Waals surface area contributed by atoms with Gasteiger partial charge in [-0.15, -0.1) is 0 Å². The van der Waals surface area contributed by atoms with Crippen LogP contribution in [0.1, 0.15) is 24.2 Å². The summed E-state index contributed by atoms with van der Waals surface area (Å²) in [7, 11) is 0. The van der Waals surface area contributed by atoms with Gasteiger partial charge in [-0.25, -0.2) is 10.9 Å². The standard InChI is InChI=1S/C12H17N3O2/c1-8(2)10(13)12(17)15(14)11(16)9-6-4-3-5-7-9/h3-8,10H,13-14H2,1-2H3/t10-/m0/s1. The molecule has 0 aromatic heterocycles. The highest BCUT2D eigenvalue weighted by atomic mass is 16.2. The first-order valence-corrected chi connectivity index (χ1v) is 5.38. The molecule has 1 rings (SSSR count). The number of benzene rings is 1. The largest absolute Gasteiger partial charge is 0.320 e. The molecule has 0 aliphatic carbocycles. The molecule has 0 aliphatic rings. The summed E-state index contributed by atoms with van der Waals surface area (Å²) in [4.78, 5) is 23.6. The second-order valence-corrected chi connectivity index (χ2v) is 4.15. The number of nitrogens with two attached hydrogens (primary N) is 2. The lowest BCUT2D eigenvalue weighted by Gasteiger charge is -2.21. The summed E-state index contributed by atoms with van der Waals surface area (Å²) < 4.78 is 0. The number of hydrazine groups is 1. The lowest BCUT2D eigenvalue weighted by Crippen LogP contribution is -2.52. The quantitative estimate of drug-likeness (QED) is 0.454. The van der Waals surface area contributed by atoms with Crippen molar-refractivity contribution in [3.8, 4) is 0 Å². The molecule has 0 aliphatic heterocycles. The first-order chi connectivity index (χ1) is 7.95. The van der Waals surface area contributed by atoms with E-state index in [1.165, 1.54) is 0 Å². The normalized spacial score (nSPS) is 12.3. The van der Waals surface area contributed by atoms with Crippen molar-refractivity contribution < 1.29 is 9.59 Å². The van der Waals surface area contributed by atoms with Crippen molar-refractivity contribution in [3.05, 3.63) is 35.9 Å². The van der Waals surface area contributed by atoms with E-state index < -0.39 is 17.9 Å². The smallest absolute Gasteiger partial charge is 0.274 e. The Morgan fingerprint density at radius 1 is 1.18 bits per heavy atom. The van der Waals surface area contributed by atoms with Gasteiger partial charge in [-0.1, -0.05) is 32.0 Å². The molecule has 0 unspecified atom stereocenters. The van der Waals surface area contributed by atoms with Crippen molar-refractivity contribution in [2.75, 3.05) is 0 Å². The second-order valence-electron chi connectivity index (χ2n) is 4.15. The summed E-state index contributed by atoms with van der Waals surface area (Å²) in [5.41, 5.74) is 6.01. The van der Waals surface area contributed by atoms with Gasteiger partial charge in [-0.3, -0.25) is 9.59 Å². The summed E-state index contributed by atoms with van der Waals surface area (Å²) in [6.07, 6.45) is 0. The Morgan fingerprint density at radius 2 is 1.71 bits per heavy atom. The minimum Gasteiger partial charge on any atom is -0.320 e. The number of amides is 2. The van der Waals surface area contributed by atoms with Gasteiger partial charge in [0.1, 0.15) is 0 Å². The minimum atomic E-state index is -0.771. The molecule has 0 saturated heterocycles. The van der Waals surface area contributed by atoms with Gasteiger partial charge in [0.25, 0.3) is 11.8 Å². The van der Waals surface area contributed by atoms with Crippen LogP contribution in [0.25, 0.3) is 0 Å². The number of nitrogens with zero attached hydrogens (tertiary/aromatic N) is 1. The van der Waals surface area contributed by atoms with E-state index in [9.17, 15) is 9.59 Å². The highest BCUT2D eigenvalue weighted by molar-refractivity contribution is 6.05. The van der Waals surface area contributed by atoms with Crippen molar-refractivity contribution in [1.29, 1.82) is 0 Å². The fraction of sp³-hybridized carbons (Fsp3) is 0.333. The predicted octanol–water partition coefficient (Wildman–Crippen LogP) is 0.512. The Balaban J connectivity index is 2.81. The van der Waals surface area contributed by atoms with Gasteiger partial charge in [-0.2, -0.15) is 0 Å². The Morgan fingerprint density at radius 3 is 2.18 bits per heavy atom. The van der Waals surface area contributed by atoms with Gasteiger partial charge in [0.2, 0.25) is 0 Å². The molecule has 1 aromatic carbocycles. The van der Waals surface area contributed by atoms with Crippen molar-refractivity contribution in [1.82, 2.24) is 5.01 Å². The van der Waals surface area contributed by atoms with E-state index >= 15 is 0 Å². The van der Waals surface area contributed by atoms with E-state index in [2.05, 4.69) is 0 Å². The molecule has 0 fully saturated rings. The van der Waals surface area contributed by atoms with E-state index in [4.69, 9.17) is 11.6 Å². The van der Waals surface area contributed by atoms with Crippen LogP contribution < -0.4 is 11.6 Å². The summed E-state index contributed by atoms with van der Waals surface area (Å²) in [5, 5.41) is 0.583. The van der Waals surface area contributed by atoms with Gasteiger partial charge >= 0.3 is 0 Å². The summed E-state index contributed by atoms with van der Waals surface area (Å²) in [5.74, 6) is 4.29. The van der Waals surface area contributed by atoms with Crippen LogP contribution in [0.2, 0.25) is 0 Å². The van der Waals surface area contributed by atoms with Crippen LogP contribution in [0, 0.1) is 5.92 Å². The SMILES string of the molecule is CC(C)[C@H](N)C(=O)N(N)C(=O)c1ccccc1. The number of hydrogen-bond donors (Lipinski definition) is 2. The monoisotopic (exact) mass is 235 g/mol. The van der Waals surface area contributed by atoms with Crippen LogP contribution in [-0.2, 0) is 4.79 Å². The topological polar surface area (TPSA) is 89.4 Å². The molecule has 1 atom stereocenters. The number of rotatable bonds is 3. The molecule has 0 radical (unpaired) electrons. The zero-order valence-electron chi connectivity index (χ0n) is 9.96. The molecule has 2 amide bonds. The average Bonchev–Trinajstić information content (AvgIpc) is 2.36. The summed E-state index contributed by atoms with van der Waals surface area (Å²) in [6.45, 7) is 3.59. The van der Waals surface area contributed by atoms with Crippen LogP contribution in [0.3, 0.4) is 0 Å². The van der Waals surface area contributed by atoms with E-state index in [1.54, 1.807) is 44.2 Å². The van der Waals surface area contributed by atoms with Crippen LogP contribution >= 0.6 is 0 Å². The van der Waals surface area contributed by atoms with Gasteiger partial charge in [0.05, 0.1) is 6.04 Å². The van der Waals surface area contributed by atoms with Gasteiger partial charge in [0.15, 0.2) is 0 Å². The Hall–Kier alpha value is -1.72. The van der Waals surface area contributed by atoms with Crippen LogP contribution in [-0.4, -0.2) is 22.9 Å². The zero-order chi connectivity index (χ0) is 13.0. The van der Waals surface area contributed by atoms with Crippen LogP contribution in [0.5, 0.6) is 0 Å². The molecule has 0 bridgehead atoms. The van der Waals surface area contributed by atoms with Crippen LogP contribution in [0.4, 0.5) is 0 Å².